The van der Waals surface area contributed by atoms with Crippen LogP contribution in [0.15, 0.2) is 24.3 Å². The van der Waals surface area contributed by atoms with Crippen LogP contribution in [0.5, 0.6) is 5.75 Å². The quantitative estimate of drug-likeness (QED) is 0.890. The fraction of sp³-hybridized carbons (Fsp3) is 0.467. The molecule has 1 aromatic carbocycles. The van der Waals surface area contributed by atoms with Crippen molar-refractivity contribution in [3.8, 4) is 5.75 Å². The van der Waals surface area contributed by atoms with E-state index in [1.165, 1.54) is 19.1 Å². The van der Waals surface area contributed by atoms with Crippen LogP contribution in [0.4, 0.5) is 18.9 Å². The van der Waals surface area contributed by atoms with Gasteiger partial charge in [0.2, 0.25) is 11.8 Å². The van der Waals surface area contributed by atoms with Crippen molar-refractivity contribution in [1.29, 1.82) is 0 Å². The summed E-state index contributed by atoms with van der Waals surface area (Å²) in [6, 6.07) is 3.94. The van der Waals surface area contributed by atoms with Crippen LogP contribution in [0.25, 0.3) is 0 Å². The van der Waals surface area contributed by atoms with Crippen LogP contribution in [0, 0.1) is 5.41 Å². The normalized spacial score (nSPS) is 13.2. The second kappa shape index (κ2) is 6.89. The average Bonchev–Trinajstić information content (AvgIpc) is 2.38. The molecule has 1 unspecified atom stereocenters. The summed E-state index contributed by atoms with van der Waals surface area (Å²) in [5.74, 6) is -1.15. The van der Waals surface area contributed by atoms with Gasteiger partial charge < -0.3 is 15.4 Å². The third-order valence-electron chi connectivity index (χ3n) is 2.78. The SMILES string of the molecule is CC(NC(=O)C(C)(C)C)C(=O)Nc1ccc(OC(F)(F)F)cc1. The minimum absolute atomic E-state index is 0.283. The highest BCUT2D eigenvalue weighted by atomic mass is 19.4. The van der Waals surface area contributed by atoms with Crippen LogP contribution >= 0.6 is 0 Å². The Bertz CT molecular complexity index is 563. The number of carbonyl (C=O) groups is 2. The van der Waals surface area contributed by atoms with Gasteiger partial charge in [-0.3, -0.25) is 9.59 Å². The lowest BCUT2D eigenvalue weighted by Gasteiger charge is -2.21. The number of benzene rings is 1. The Morgan fingerprint density at radius 1 is 1.09 bits per heavy atom. The van der Waals surface area contributed by atoms with Crippen LogP contribution in [-0.2, 0) is 9.59 Å². The summed E-state index contributed by atoms with van der Waals surface area (Å²) in [4.78, 5) is 23.7. The van der Waals surface area contributed by atoms with Crippen molar-refractivity contribution in [2.75, 3.05) is 5.32 Å². The number of amides is 2. The molecule has 23 heavy (non-hydrogen) atoms. The van der Waals surface area contributed by atoms with E-state index in [1.54, 1.807) is 20.8 Å². The van der Waals surface area contributed by atoms with Gasteiger partial charge in [0.05, 0.1) is 0 Å². The molecule has 1 atom stereocenters. The van der Waals surface area contributed by atoms with Crippen molar-refractivity contribution in [3.63, 3.8) is 0 Å². The maximum Gasteiger partial charge on any atom is 0.573 e. The molecule has 0 aliphatic rings. The van der Waals surface area contributed by atoms with E-state index in [-0.39, 0.29) is 11.7 Å². The molecule has 0 aliphatic heterocycles. The lowest BCUT2D eigenvalue weighted by molar-refractivity contribution is -0.274. The second-order valence-corrected chi connectivity index (χ2v) is 6.01. The molecule has 2 N–H and O–H groups in total. The molecule has 2 amide bonds. The zero-order valence-corrected chi connectivity index (χ0v) is 13.2. The number of rotatable bonds is 4. The number of halogens is 3. The highest BCUT2D eigenvalue weighted by Gasteiger charge is 2.31. The number of anilines is 1. The molecular weight excluding hydrogens is 313 g/mol. The van der Waals surface area contributed by atoms with Crippen molar-refractivity contribution in [2.24, 2.45) is 5.41 Å². The zero-order chi connectivity index (χ0) is 17.8. The van der Waals surface area contributed by atoms with Gasteiger partial charge in [-0.2, -0.15) is 0 Å². The van der Waals surface area contributed by atoms with Crippen LogP contribution in [0.1, 0.15) is 27.7 Å². The third kappa shape index (κ3) is 6.58. The Kier molecular flexibility index (Phi) is 5.63. The van der Waals surface area contributed by atoms with Gasteiger partial charge in [0, 0.05) is 11.1 Å². The molecule has 0 saturated carbocycles. The van der Waals surface area contributed by atoms with E-state index >= 15 is 0 Å². The van der Waals surface area contributed by atoms with E-state index in [1.807, 2.05) is 0 Å². The van der Waals surface area contributed by atoms with Gasteiger partial charge in [0.15, 0.2) is 0 Å². The van der Waals surface area contributed by atoms with Gasteiger partial charge in [-0.1, -0.05) is 20.8 Å². The first-order chi connectivity index (χ1) is 10.4. The molecule has 0 radical (unpaired) electrons. The number of hydrogen-bond donors (Lipinski definition) is 2. The zero-order valence-electron chi connectivity index (χ0n) is 13.2. The Morgan fingerprint density at radius 3 is 2.04 bits per heavy atom. The van der Waals surface area contributed by atoms with E-state index in [2.05, 4.69) is 15.4 Å². The van der Waals surface area contributed by atoms with Gasteiger partial charge in [-0.15, -0.1) is 13.2 Å². The molecule has 8 heteroatoms. The van der Waals surface area contributed by atoms with E-state index in [4.69, 9.17) is 0 Å². The second-order valence-electron chi connectivity index (χ2n) is 6.01. The largest absolute Gasteiger partial charge is 0.573 e. The Hall–Kier alpha value is -2.25. The summed E-state index contributed by atoms with van der Waals surface area (Å²) in [5.41, 5.74) is -0.341. The first-order valence-corrected chi connectivity index (χ1v) is 6.86. The van der Waals surface area contributed by atoms with Gasteiger partial charge in [0.25, 0.3) is 0 Å². The van der Waals surface area contributed by atoms with Crippen molar-refractivity contribution >= 4 is 17.5 Å². The Labute approximate surface area is 132 Å². The summed E-state index contributed by atoms with van der Waals surface area (Å²) >= 11 is 0. The number of nitrogens with one attached hydrogen (secondary N) is 2. The molecule has 128 valence electrons. The highest BCUT2D eigenvalue weighted by molar-refractivity contribution is 5.97. The molecule has 5 nitrogen and oxygen atoms in total. The Morgan fingerprint density at radius 2 is 1.61 bits per heavy atom. The van der Waals surface area contributed by atoms with Crippen molar-refractivity contribution in [1.82, 2.24) is 5.32 Å². The van der Waals surface area contributed by atoms with Crippen LogP contribution in [0.3, 0.4) is 0 Å². The van der Waals surface area contributed by atoms with E-state index < -0.39 is 23.7 Å². The third-order valence-corrected chi connectivity index (χ3v) is 2.78. The molecule has 0 spiro atoms. The Balaban J connectivity index is 2.62. The number of carbonyl (C=O) groups excluding carboxylic acids is 2. The monoisotopic (exact) mass is 332 g/mol. The van der Waals surface area contributed by atoms with Gasteiger partial charge >= 0.3 is 6.36 Å². The molecule has 1 aromatic rings. The van der Waals surface area contributed by atoms with Gasteiger partial charge in [-0.25, -0.2) is 0 Å². The maximum atomic E-state index is 12.0. The number of ether oxygens (including phenoxy) is 1. The lowest BCUT2D eigenvalue weighted by atomic mass is 9.95. The molecule has 0 aromatic heterocycles. The fourth-order valence-electron chi connectivity index (χ4n) is 1.47. The van der Waals surface area contributed by atoms with Crippen molar-refractivity contribution < 1.29 is 27.5 Å². The first-order valence-electron chi connectivity index (χ1n) is 6.86. The molecule has 0 aliphatic carbocycles. The van der Waals surface area contributed by atoms with Crippen LogP contribution < -0.4 is 15.4 Å². The average molecular weight is 332 g/mol. The summed E-state index contributed by atoms with van der Waals surface area (Å²) in [7, 11) is 0. The van der Waals surface area contributed by atoms with Crippen LogP contribution in [0.2, 0.25) is 0 Å². The van der Waals surface area contributed by atoms with Gasteiger partial charge in [-0.05, 0) is 31.2 Å². The van der Waals surface area contributed by atoms with Crippen molar-refractivity contribution in [3.05, 3.63) is 24.3 Å². The predicted molar refractivity (Wildman–Crippen MR) is 78.8 cm³/mol. The first kappa shape index (κ1) is 18.8. The number of alkyl halides is 3. The summed E-state index contributed by atoms with van der Waals surface area (Å²) < 4.78 is 39.9. The van der Waals surface area contributed by atoms with Crippen LogP contribution in [-0.4, -0.2) is 24.2 Å². The number of hydrogen-bond acceptors (Lipinski definition) is 3. The smallest absolute Gasteiger partial charge is 0.406 e. The van der Waals surface area contributed by atoms with E-state index in [9.17, 15) is 22.8 Å². The maximum absolute atomic E-state index is 12.0. The summed E-state index contributed by atoms with van der Waals surface area (Å²) in [6.45, 7) is 6.66. The lowest BCUT2D eigenvalue weighted by Crippen LogP contribution is -2.46. The van der Waals surface area contributed by atoms with E-state index in [0.717, 1.165) is 12.1 Å². The molecular formula is C15H19F3N2O3. The molecule has 1 rings (SSSR count). The van der Waals surface area contributed by atoms with E-state index in [0.29, 0.717) is 5.69 Å². The molecule has 0 heterocycles. The summed E-state index contributed by atoms with van der Waals surface area (Å²) in [6.07, 6.45) is -4.77. The van der Waals surface area contributed by atoms with Gasteiger partial charge in [0.1, 0.15) is 11.8 Å². The minimum atomic E-state index is -4.77. The predicted octanol–water partition coefficient (Wildman–Crippen LogP) is 3.07. The topological polar surface area (TPSA) is 67.4 Å². The molecule has 0 bridgehead atoms. The standard InChI is InChI=1S/C15H19F3N2O3/c1-9(19-13(22)14(2,3)4)12(21)20-10-5-7-11(8-6-10)23-15(16,17)18/h5-9H,1-4H3,(H,19,22)(H,20,21). The molecule has 0 fully saturated rings. The molecule has 0 saturated heterocycles. The summed E-state index contributed by atoms with van der Waals surface area (Å²) in [5, 5.41) is 5.06. The highest BCUT2D eigenvalue weighted by Crippen LogP contribution is 2.24. The van der Waals surface area contributed by atoms with Crippen molar-refractivity contribution in [2.45, 2.75) is 40.1 Å². The minimum Gasteiger partial charge on any atom is -0.406 e. The fourth-order valence-corrected chi connectivity index (χ4v) is 1.47.